The Morgan fingerprint density at radius 3 is 2.84 bits per heavy atom. The average molecular weight is 349 g/mol. The fourth-order valence-electron chi connectivity index (χ4n) is 3.66. The van der Waals surface area contributed by atoms with Gasteiger partial charge in [-0.3, -0.25) is 4.79 Å². The van der Waals surface area contributed by atoms with Gasteiger partial charge in [-0.15, -0.1) is 0 Å². The summed E-state index contributed by atoms with van der Waals surface area (Å²) in [4.78, 5) is 19.1. The van der Waals surface area contributed by atoms with Crippen molar-refractivity contribution in [1.82, 2.24) is 15.0 Å². The molecular formula is C18H27N3O4. The summed E-state index contributed by atoms with van der Waals surface area (Å²) in [5.41, 5.74) is 0. The molecule has 2 saturated heterocycles. The molecule has 1 atom stereocenters. The minimum atomic E-state index is 0.118. The standard InChI is InChI=1S/C18H27N3O4/c22-18(14-5-9-23-10-6-14)21-8-1-2-15(12-21)24-11-7-16-19-17(25-20-16)13-3-4-13/h13-15H,1-12H2. The van der Waals surface area contributed by atoms with Crippen LogP contribution in [0, 0.1) is 5.92 Å². The van der Waals surface area contributed by atoms with Crippen molar-refractivity contribution < 1.29 is 18.8 Å². The maximum atomic E-state index is 12.6. The molecule has 3 aliphatic rings. The fraction of sp³-hybridized carbons (Fsp3) is 0.833. The van der Waals surface area contributed by atoms with E-state index in [0.717, 1.165) is 56.8 Å². The van der Waals surface area contributed by atoms with E-state index in [2.05, 4.69) is 10.1 Å². The number of aromatic nitrogens is 2. The molecule has 1 aromatic rings. The van der Waals surface area contributed by atoms with E-state index in [0.29, 0.717) is 38.7 Å². The van der Waals surface area contributed by atoms with E-state index in [1.54, 1.807) is 0 Å². The second-order valence-electron chi connectivity index (χ2n) is 7.38. The Kier molecular flexibility index (Phi) is 5.31. The second-order valence-corrected chi connectivity index (χ2v) is 7.38. The first-order chi connectivity index (χ1) is 12.3. The van der Waals surface area contributed by atoms with Crippen molar-refractivity contribution in [2.45, 2.75) is 57.0 Å². The van der Waals surface area contributed by atoms with Crippen LogP contribution in [-0.2, 0) is 20.7 Å². The molecule has 3 heterocycles. The molecular weight excluding hydrogens is 322 g/mol. The Bertz CT molecular complexity index is 581. The van der Waals surface area contributed by atoms with Crippen molar-refractivity contribution in [2.75, 3.05) is 32.9 Å². The van der Waals surface area contributed by atoms with Crippen molar-refractivity contribution >= 4 is 5.91 Å². The van der Waals surface area contributed by atoms with Gasteiger partial charge in [0.2, 0.25) is 11.8 Å². The summed E-state index contributed by atoms with van der Waals surface area (Å²) < 4.78 is 16.6. The summed E-state index contributed by atoms with van der Waals surface area (Å²) in [7, 11) is 0. The topological polar surface area (TPSA) is 77.7 Å². The van der Waals surface area contributed by atoms with Crippen LogP contribution in [0.3, 0.4) is 0 Å². The van der Waals surface area contributed by atoms with Crippen LogP contribution in [0.5, 0.6) is 0 Å². The molecule has 0 aromatic carbocycles. The number of nitrogens with zero attached hydrogens (tertiary/aromatic N) is 3. The maximum Gasteiger partial charge on any atom is 0.229 e. The molecule has 3 fully saturated rings. The number of amides is 1. The van der Waals surface area contributed by atoms with Crippen molar-refractivity contribution in [3.8, 4) is 0 Å². The van der Waals surface area contributed by atoms with Crippen molar-refractivity contribution in [3.63, 3.8) is 0 Å². The second kappa shape index (κ2) is 7.83. The number of carbonyl (C=O) groups is 1. The van der Waals surface area contributed by atoms with E-state index in [9.17, 15) is 4.79 Å². The largest absolute Gasteiger partial charge is 0.381 e. The highest BCUT2D eigenvalue weighted by Crippen LogP contribution is 2.38. The number of likely N-dealkylation sites (tertiary alicyclic amines) is 1. The third-order valence-corrected chi connectivity index (χ3v) is 5.35. The molecule has 7 heteroatoms. The van der Waals surface area contributed by atoms with E-state index >= 15 is 0 Å². The summed E-state index contributed by atoms with van der Waals surface area (Å²) in [6.07, 6.45) is 6.83. The minimum Gasteiger partial charge on any atom is -0.381 e. The van der Waals surface area contributed by atoms with Crippen LogP contribution < -0.4 is 0 Å². The van der Waals surface area contributed by atoms with E-state index in [-0.39, 0.29) is 17.9 Å². The van der Waals surface area contributed by atoms with Crippen LogP contribution in [-0.4, -0.2) is 60.0 Å². The van der Waals surface area contributed by atoms with Gasteiger partial charge in [0.15, 0.2) is 5.82 Å². The van der Waals surface area contributed by atoms with Gasteiger partial charge in [0, 0.05) is 44.6 Å². The number of hydrogen-bond acceptors (Lipinski definition) is 6. The molecule has 1 amide bonds. The Balaban J connectivity index is 1.21. The molecule has 25 heavy (non-hydrogen) atoms. The van der Waals surface area contributed by atoms with Crippen LogP contribution in [0.25, 0.3) is 0 Å². The first-order valence-corrected chi connectivity index (χ1v) is 9.60. The Labute approximate surface area is 148 Å². The summed E-state index contributed by atoms with van der Waals surface area (Å²) >= 11 is 0. The predicted octanol–water partition coefficient (Wildman–Crippen LogP) is 1.92. The van der Waals surface area contributed by atoms with Crippen LogP contribution in [0.2, 0.25) is 0 Å². The Morgan fingerprint density at radius 1 is 1.20 bits per heavy atom. The molecule has 1 unspecified atom stereocenters. The quantitative estimate of drug-likeness (QED) is 0.781. The number of ether oxygens (including phenoxy) is 2. The predicted molar refractivity (Wildman–Crippen MR) is 89.1 cm³/mol. The highest BCUT2D eigenvalue weighted by molar-refractivity contribution is 5.79. The Morgan fingerprint density at radius 2 is 2.04 bits per heavy atom. The average Bonchev–Trinajstić information content (AvgIpc) is 3.41. The van der Waals surface area contributed by atoms with E-state index < -0.39 is 0 Å². The lowest BCUT2D eigenvalue weighted by Crippen LogP contribution is -2.46. The van der Waals surface area contributed by atoms with Gasteiger partial charge < -0.3 is 18.9 Å². The normalized spacial score (nSPS) is 25.3. The molecule has 1 saturated carbocycles. The van der Waals surface area contributed by atoms with Crippen molar-refractivity contribution in [2.24, 2.45) is 5.92 Å². The zero-order chi connectivity index (χ0) is 17.1. The van der Waals surface area contributed by atoms with Crippen LogP contribution in [0.4, 0.5) is 0 Å². The summed E-state index contributed by atoms with van der Waals surface area (Å²) in [6.45, 7) is 3.55. The number of carbonyl (C=O) groups excluding carboxylic acids is 1. The molecule has 1 aliphatic carbocycles. The summed E-state index contributed by atoms with van der Waals surface area (Å²) in [5, 5.41) is 4.02. The molecule has 0 bridgehead atoms. The number of piperidine rings is 1. The highest BCUT2D eigenvalue weighted by Gasteiger charge is 2.31. The first kappa shape index (κ1) is 17.0. The lowest BCUT2D eigenvalue weighted by molar-refractivity contribution is -0.142. The third kappa shape index (κ3) is 4.39. The highest BCUT2D eigenvalue weighted by atomic mass is 16.5. The van der Waals surface area contributed by atoms with E-state index in [1.807, 2.05) is 4.90 Å². The van der Waals surface area contributed by atoms with Crippen LogP contribution in [0.15, 0.2) is 4.52 Å². The van der Waals surface area contributed by atoms with Gasteiger partial charge in [0.05, 0.1) is 12.7 Å². The zero-order valence-electron chi connectivity index (χ0n) is 14.7. The molecule has 4 rings (SSSR count). The van der Waals surface area contributed by atoms with Crippen molar-refractivity contribution in [3.05, 3.63) is 11.7 Å². The van der Waals surface area contributed by atoms with Gasteiger partial charge >= 0.3 is 0 Å². The monoisotopic (exact) mass is 349 g/mol. The van der Waals surface area contributed by atoms with Gasteiger partial charge in [-0.1, -0.05) is 5.16 Å². The number of hydrogen-bond donors (Lipinski definition) is 0. The Hall–Kier alpha value is -1.47. The fourth-order valence-corrected chi connectivity index (χ4v) is 3.66. The molecule has 0 radical (unpaired) electrons. The molecule has 7 nitrogen and oxygen atoms in total. The van der Waals surface area contributed by atoms with Gasteiger partial charge in [-0.2, -0.15) is 4.98 Å². The van der Waals surface area contributed by atoms with Gasteiger partial charge in [-0.05, 0) is 38.5 Å². The lowest BCUT2D eigenvalue weighted by Gasteiger charge is -2.35. The molecule has 0 spiro atoms. The lowest BCUT2D eigenvalue weighted by atomic mass is 9.97. The maximum absolute atomic E-state index is 12.6. The first-order valence-electron chi connectivity index (χ1n) is 9.60. The smallest absolute Gasteiger partial charge is 0.229 e. The minimum absolute atomic E-state index is 0.118. The zero-order valence-corrected chi connectivity index (χ0v) is 14.7. The van der Waals surface area contributed by atoms with Gasteiger partial charge in [0.25, 0.3) is 0 Å². The van der Waals surface area contributed by atoms with Crippen molar-refractivity contribution in [1.29, 1.82) is 0 Å². The van der Waals surface area contributed by atoms with E-state index in [1.165, 1.54) is 0 Å². The summed E-state index contributed by atoms with van der Waals surface area (Å²) in [6, 6.07) is 0. The van der Waals surface area contributed by atoms with Crippen LogP contribution >= 0.6 is 0 Å². The molecule has 1 aromatic heterocycles. The SMILES string of the molecule is O=C(C1CCOCC1)N1CCCC(OCCc2noc(C3CC3)n2)C1. The molecule has 0 N–H and O–H groups in total. The number of rotatable bonds is 6. The molecule has 138 valence electrons. The molecule has 2 aliphatic heterocycles. The summed E-state index contributed by atoms with van der Waals surface area (Å²) in [5.74, 6) is 2.41. The van der Waals surface area contributed by atoms with E-state index in [4.69, 9.17) is 14.0 Å². The van der Waals surface area contributed by atoms with Gasteiger partial charge in [0.1, 0.15) is 0 Å². The van der Waals surface area contributed by atoms with Crippen LogP contribution in [0.1, 0.15) is 56.2 Å². The van der Waals surface area contributed by atoms with Gasteiger partial charge in [-0.25, -0.2) is 0 Å². The third-order valence-electron chi connectivity index (χ3n) is 5.35.